The standard InChI is InChI=1S/C17H12F2N4/c18-13-4-3-10(6-14(13)19)17-12(2-1-5-22-17)11-7-15(21)16(8-20)23-9-11/h1-9,20H,21H2. The predicted octanol–water partition coefficient (Wildman–Crippen LogP) is 3.67. The lowest BCUT2D eigenvalue weighted by atomic mass is 10.00. The largest absolute Gasteiger partial charge is 0.397 e. The van der Waals surface area contributed by atoms with Crippen LogP contribution in [-0.2, 0) is 0 Å². The van der Waals surface area contributed by atoms with E-state index in [1.165, 1.54) is 6.07 Å². The van der Waals surface area contributed by atoms with Gasteiger partial charge in [0.25, 0.3) is 0 Å². The highest BCUT2D eigenvalue weighted by molar-refractivity contribution is 5.86. The van der Waals surface area contributed by atoms with Gasteiger partial charge < -0.3 is 11.1 Å². The van der Waals surface area contributed by atoms with Gasteiger partial charge in [0.15, 0.2) is 11.6 Å². The number of nitrogens with two attached hydrogens (primary N) is 1. The number of benzene rings is 1. The van der Waals surface area contributed by atoms with Crippen molar-refractivity contribution in [1.29, 1.82) is 5.41 Å². The Labute approximate surface area is 131 Å². The van der Waals surface area contributed by atoms with E-state index in [9.17, 15) is 8.78 Å². The van der Waals surface area contributed by atoms with Crippen molar-refractivity contribution in [2.75, 3.05) is 5.73 Å². The molecular formula is C17H12F2N4. The summed E-state index contributed by atoms with van der Waals surface area (Å²) in [6.45, 7) is 0. The topological polar surface area (TPSA) is 75.7 Å². The maximum absolute atomic E-state index is 13.5. The molecule has 3 rings (SSSR count). The molecule has 0 spiro atoms. The molecule has 114 valence electrons. The molecule has 0 aliphatic heterocycles. The Kier molecular flexibility index (Phi) is 3.80. The van der Waals surface area contributed by atoms with Gasteiger partial charge in [-0.1, -0.05) is 6.07 Å². The van der Waals surface area contributed by atoms with E-state index in [0.29, 0.717) is 33.8 Å². The van der Waals surface area contributed by atoms with Gasteiger partial charge in [-0.3, -0.25) is 9.97 Å². The van der Waals surface area contributed by atoms with Crippen molar-refractivity contribution in [2.45, 2.75) is 0 Å². The molecule has 0 atom stereocenters. The van der Waals surface area contributed by atoms with Crippen LogP contribution in [0.25, 0.3) is 22.4 Å². The molecule has 0 aliphatic carbocycles. The van der Waals surface area contributed by atoms with Gasteiger partial charge in [-0.2, -0.15) is 0 Å². The highest BCUT2D eigenvalue weighted by Crippen LogP contribution is 2.31. The maximum atomic E-state index is 13.5. The molecule has 3 aromatic rings. The molecule has 6 heteroatoms. The molecule has 2 aromatic heterocycles. The minimum absolute atomic E-state index is 0.359. The zero-order valence-electron chi connectivity index (χ0n) is 11.9. The number of aromatic nitrogens is 2. The molecule has 0 unspecified atom stereocenters. The Balaban J connectivity index is 2.16. The van der Waals surface area contributed by atoms with Crippen LogP contribution in [0.3, 0.4) is 0 Å². The van der Waals surface area contributed by atoms with Crippen LogP contribution in [0.5, 0.6) is 0 Å². The Morgan fingerprint density at radius 2 is 1.83 bits per heavy atom. The molecule has 0 bridgehead atoms. The first kappa shape index (κ1) is 14.8. The lowest BCUT2D eigenvalue weighted by Crippen LogP contribution is -1.98. The van der Waals surface area contributed by atoms with Crippen molar-refractivity contribution >= 4 is 11.9 Å². The summed E-state index contributed by atoms with van der Waals surface area (Å²) < 4.78 is 26.6. The highest BCUT2D eigenvalue weighted by Gasteiger charge is 2.12. The molecule has 2 heterocycles. The highest BCUT2D eigenvalue weighted by atomic mass is 19.2. The number of nitrogens with zero attached hydrogens (tertiary/aromatic N) is 2. The molecule has 0 aliphatic rings. The average molecular weight is 310 g/mol. The van der Waals surface area contributed by atoms with Crippen molar-refractivity contribution in [3.63, 3.8) is 0 Å². The molecule has 3 N–H and O–H groups in total. The molecule has 4 nitrogen and oxygen atoms in total. The van der Waals surface area contributed by atoms with Crippen molar-refractivity contribution in [3.05, 3.63) is 66.1 Å². The molecule has 0 amide bonds. The zero-order chi connectivity index (χ0) is 16.4. The first-order chi connectivity index (χ1) is 11.1. The summed E-state index contributed by atoms with van der Waals surface area (Å²) in [7, 11) is 0. The molecule has 23 heavy (non-hydrogen) atoms. The van der Waals surface area contributed by atoms with Crippen molar-refractivity contribution in [2.24, 2.45) is 0 Å². The number of anilines is 1. The summed E-state index contributed by atoms with van der Waals surface area (Å²) in [6, 6.07) is 8.84. The predicted molar refractivity (Wildman–Crippen MR) is 85.1 cm³/mol. The van der Waals surface area contributed by atoms with Crippen LogP contribution in [-0.4, -0.2) is 16.2 Å². The molecule has 1 aromatic carbocycles. The number of hydrogen-bond acceptors (Lipinski definition) is 4. The van der Waals surface area contributed by atoms with Crippen LogP contribution >= 0.6 is 0 Å². The van der Waals surface area contributed by atoms with Crippen molar-refractivity contribution < 1.29 is 8.78 Å². The van der Waals surface area contributed by atoms with Gasteiger partial charge in [0, 0.05) is 35.3 Å². The van der Waals surface area contributed by atoms with Gasteiger partial charge in [-0.05, 0) is 30.3 Å². The molecule has 0 saturated heterocycles. The van der Waals surface area contributed by atoms with Gasteiger partial charge in [0.1, 0.15) is 5.69 Å². The Bertz CT molecular complexity index is 894. The summed E-state index contributed by atoms with van der Waals surface area (Å²) in [6.07, 6.45) is 4.21. The van der Waals surface area contributed by atoms with Crippen LogP contribution in [0, 0.1) is 17.0 Å². The number of nitrogen functional groups attached to an aromatic ring is 1. The van der Waals surface area contributed by atoms with Gasteiger partial charge >= 0.3 is 0 Å². The fourth-order valence-corrected chi connectivity index (χ4v) is 2.27. The van der Waals surface area contributed by atoms with Gasteiger partial charge in [0.05, 0.1) is 11.4 Å². The fraction of sp³-hybridized carbons (Fsp3) is 0. The normalized spacial score (nSPS) is 10.5. The van der Waals surface area contributed by atoms with E-state index in [1.54, 1.807) is 30.6 Å². The van der Waals surface area contributed by atoms with E-state index in [0.717, 1.165) is 18.3 Å². The number of halogens is 2. The van der Waals surface area contributed by atoms with E-state index in [-0.39, 0.29) is 0 Å². The second kappa shape index (κ2) is 5.92. The second-order valence-electron chi connectivity index (χ2n) is 4.87. The first-order valence-corrected chi connectivity index (χ1v) is 6.77. The van der Waals surface area contributed by atoms with E-state index in [1.807, 2.05) is 0 Å². The first-order valence-electron chi connectivity index (χ1n) is 6.77. The minimum Gasteiger partial charge on any atom is -0.397 e. The summed E-state index contributed by atoms with van der Waals surface area (Å²) in [5.41, 5.74) is 8.90. The smallest absolute Gasteiger partial charge is 0.159 e. The zero-order valence-corrected chi connectivity index (χ0v) is 11.9. The summed E-state index contributed by atoms with van der Waals surface area (Å²) in [5.74, 6) is -1.84. The van der Waals surface area contributed by atoms with E-state index in [2.05, 4.69) is 9.97 Å². The quantitative estimate of drug-likeness (QED) is 0.725. The number of rotatable bonds is 3. The maximum Gasteiger partial charge on any atom is 0.159 e. The van der Waals surface area contributed by atoms with Gasteiger partial charge in [0.2, 0.25) is 0 Å². The van der Waals surface area contributed by atoms with E-state index < -0.39 is 11.6 Å². The minimum atomic E-state index is -0.934. The van der Waals surface area contributed by atoms with Gasteiger partial charge in [-0.25, -0.2) is 8.78 Å². The molecule has 0 radical (unpaired) electrons. The van der Waals surface area contributed by atoms with Crippen LogP contribution in [0.4, 0.5) is 14.5 Å². The molecule has 0 saturated carbocycles. The number of nitrogens with one attached hydrogen (secondary N) is 1. The summed E-state index contributed by atoms with van der Waals surface area (Å²) in [4.78, 5) is 8.38. The monoisotopic (exact) mass is 310 g/mol. The number of hydrogen-bond donors (Lipinski definition) is 2. The van der Waals surface area contributed by atoms with Gasteiger partial charge in [-0.15, -0.1) is 0 Å². The summed E-state index contributed by atoms with van der Waals surface area (Å²) in [5, 5.41) is 7.22. The van der Waals surface area contributed by atoms with Crippen LogP contribution < -0.4 is 5.73 Å². The van der Waals surface area contributed by atoms with Crippen molar-refractivity contribution in [3.8, 4) is 22.4 Å². The van der Waals surface area contributed by atoms with E-state index in [4.69, 9.17) is 11.1 Å². The third kappa shape index (κ3) is 2.78. The Morgan fingerprint density at radius 1 is 1.00 bits per heavy atom. The van der Waals surface area contributed by atoms with Crippen LogP contribution in [0.15, 0.2) is 48.8 Å². The molecular weight excluding hydrogens is 298 g/mol. The summed E-state index contributed by atoms with van der Waals surface area (Å²) >= 11 is 0. The van der Waals surface area contributed by atoms with Crippen LogP contribution in [0.1, 0.15) is 5.69 Å². The third-order valence-electron chi connectivity index (χ3n) is 3.40. The van der Waals surface area contributed by atoms with Crippen LogP contribution in [0.2, 0.25) is 0 Å². The Hall–Kier alpha value is -3.15. The third-order valence-corrected chi connectivity index (χ3v) is 3.40. The average Bonchev–Trinajstić information content (AvgIpc) is 2.57. The lowest BCUT2D eigenvalue weighted by Gasteiger charge is -2.10. The van der Waals surface area contributed by atoms with E-state index >= 15 is 0 Å². The lowest BCUT2D eigenvalue weighted by molar-refractivity contribution is 0.509. The fourth-order valence-electron chi connectivity index (χ4n) is 2.27. The Morgan fingerprint density at radius 3 is 2.52 bits per heavy atom. The second-order valence-corrected chi connectivity index (χ2v) is 4.87. The van der Waals surface area contributed by atoms with Crippen molar-refractivity contribution in [1.82, 2.24) is 9.97 Å². The number of pyridine rings is 2. The molecule has 0 fully saturated rings. The SMILES string of the molecule is N=Cc1ncc(-c2cccnc2-c2ccc(F)c(F)c2)cc1N.